The molecule has 2 heterocycles. The average molecular weight is 229 g/mol. The molecule has 4 nitrogen and oxygen atoms in total. The number of pyridine rings is 1. The van der Waals surface area contributed by atoms with Crippen LogP contribution in [0, 0.1) is 0 Å². The van der Waals surface area contributed by atoms with E-state index in [1.165, 1.54) is 12.4 Å². The zero-order valence-corrected chi connectivity index (χ0v) is 8.21. The van der Waals surface area contributed by atoms with Gasteiger partial charge in [0.1, 0.15) is 5.52 Å². The highest BCUT2D eigenvalue weighted by molar-refractivity contribution is 6.35. The van der Waals surface area contributed by atoms with Gasteiger partial charge in [0.2, 0.25) is 0 Å². The number of alkyl halides is 1. The van der Waals surface area contributed by atoms with Crippen LogP contribution < -0.4 is 4.74 Å². The van der Waals surface area contributed by atoms with Crippen molar-refractivity contribution in [3.8, 4) is 5.75 Å². The van der Waals surface area contributed by atoms with E-state index in [0.29, 0.717) is 16.1 Å². The molecule has 2 aromatic heterocycles. The van der Waals surface area contributed by atoms with Crippen molar-refractivity contribution < 1.29 is 13.9 Å². The molecule has 1 N–H and O–H groups in total. The molecule has 0 aromatic carbocycles. The molecule has 0 fully saturated rings. The maximum Gasteiger partial charge on any atom is 0.343 e. The summed E-state index contributed by atoms with van der Waals surface area (Å²) in [4.78, 5) is 17.5. The Hall–Kier alpha value is -1.62. The summed E-state index contributed by atoms with van der Waals surface area (Å²) in [5.41, 5.74) is 0.963. The normalized spacial score (nSPS) is 10.5. The van der Waals surface area contributed by atoms with E-state index in [1.54, 1.807) is 6.07 Å². The van der Waals surface area contributed by atoms with Gasteiger partial charge in [0, 0.05) is 12.4 Å². The minimum absolute atomic E-state index is 0.176. The molecule has 0 unspecified atom stereocenters. The van der Waals surface area contributed by atoms with Gasteiger partial charge in [-0.15, -0.1) is 0 Å². The number of H-pyrrole nitrogens is 1. The minimum atomic E-state index is -1.17. The van der Waals surface area contributed by atoms with Crippen LogP contribution in [0.2, 0.25) is 5.02 Å². The Morgan fingerprint density at radius 2 is 2.47 bits per heavy atom. The van der Waals surface area contributed by atoms with Gasteiger partial charge in [-0.25, -0.2) is 9.18 Å². The van der Waals surface area contributed by atoms with E-state index in [4.69, 9.17) is 16.3 Å². The fraction of sp³-hybridized carbons (Fsp3) is 0.111. The third-order valence-corrected chi connectivity index (χ3v) is 2.13. The van der Waals surface area contributed by atoms with E-state index < -0.39 is 12.6 Å². The Morgan fingerprint density at radius 1 is 1.67 bits per heavy atom. The number of carbonyl (C=O) groups is 1. The highest BCUT2D eigenvalue weighted by Gasteiger charge is 2.12. The minimum Gasteiger partial charge on any atom is -0.421 e. The van der Waals surface area contributed by atoms with Gasteiger partial charge in [0.15, 0.2) is 12.4 Å². The fourth-order valence-corrected chi connectivity index (χ4v) is 1.40. The molecule has 0 aliphatic rings. The number of nitrogens with one attached hydrogen (secondary N) is 1. The molecule has 78 valence electrons. The summed E-state index contributed by atoms with van der Waals surface area (Å²) in [6.45, 7) is -1.17. The molecule has 6 heteroatoms. The van der Waals surface area contributed by atoms with Crippen molar-refractivity contribution in [1.29, 1.82) is 0 Å². The van der Waals surface area contributed by atoms with Crippen LogP contribution in [0.25, 0.3) is 11.0 Å². The molecule has 0 aliphatic carbocycles. The molecule has 0 radical (unpaired) electrons. The molecule has 0 saturated carbocycles. The van der Waals surface area contributed by atoms with Crippen molar-refractivity contribution in [2.75, 3.05) is 6.67 Å². The lowest BCUT2D eigenvalue weighted by Gasteiger charge is -1.98. The maximum atomic E-state index is 11.9. The molecule has 0 atom stereocenters. The van der Waals surface area contributed by atoms with Gasteiger partial charge in [-0.05, 0) is 6.07 Å². The lowest BCUT2D eigenvalue weighted by molar-refractivity contribution is -0.135. The van der Waals surface area contributed by atoms with Crippen molar-refractivity contribution in [2.24, 2.45) is 0 Å². The molecule has 0 spiro atoms. The van der Waals surface area contributed by atoms with Crippen molar-refractivity contribution >= 4 is 28.6 Å². The molecular formula is C9H6ClFN2O2. The van der Waals surface area contributed by atoms with Crippen molar-refractivity contribution in [3.63, 3.8) is 0 Å². The third kappa shape index (κ3) is 1.78. The number of hydrogen-bond acceptors (Lipinski definition) is 3. The monoisotopic (exact) mass is 228 g/mol. The largest absolute Gasteiger partial charge is 0.421 e. The second-order valence-electron chi connectivity index (χ2n) is 2.78. The summed E-state index contributed by atoms with van der Waals surface area (Å²) in [6.07, 6.45) is 2.89. The Labute approximate surface area is 89.0 Å². The Bertz CT molecular complexity index is 512. The first kappa shape index (κ1) is 9.92. The summed E-state index contributed by atoms with van der Waals surface area (Å²) in [5, 5.41) is 0.461. The van der Waals surface area contributed by atoms with Crippen LogP contribution in [0.4, 0.5) is 4.39 Å². The van der Waals surface area contributed by atoms with Gasteiger partial charge >= 0.3 is 5.97 Å². The van der Waals surface area contributed by atoms with Gasteiger partial charge in [0.05, 0.1) is 10.5 Å². The van der Waals surface area contributed by atoms with Gasteiger partial charge in [0.25, 0.3) is 0 Å². The predicted octanol–water partition coefficient (Wildman–Crippen LogP) is 2.09. The number of fused-ring (bicyclic) bond motifs is 1. The van der Waals surface area contributed by atoms with Crippen molar-refractivity contribution in [2.45, 2.75) is 0 Å². The van der Waals surface area contributed by atoms with E-state index in [-0.39, 0.29) is 5.75 Å². The lowest BCUT2D eigenvalue weighted by atomic mass is 10.4. The van der Waals surface area contributed by atoms with Crippen molar-refractivity contribution in [3.05, 3.63) is 23.5 Å². The van der Waals surface area contributed by atoms with E-state index >= 15 is 0 Å². The Kier molecular flexibility index (Phi) is 2.55. The number of rotatable bonds is 2. The topological polar surface area (TPSA) is 55.0 Å². The Morgan fingerprint density at radius 3 is 3.20 bits per heavy atom. The average Bonchev–Trinajstić information content (AvgIpc) is 2.63. The number of nitrogens with zero attached hydrogens (tertiary/aromatic N) is 1. The zero-order valence-electron chi connectivity index (χ0n) is 7.46. The molecule has 0 aliphatic heterocycles. The van der Waals surface area contributed by atoms with Gasteiger partial charge in [-0.2, -0.15) is 0 Å². The van der Waals surface area contributed by atoms with Crippen LogP contribution in [0.15, 0.2) is 18.5 Å². The summed E-state index contributed by atoms with van der Waals surface area (Å²) < 4.78 is 16.6. The SMILES string of the molecule is O=C(CF)Oc1c[nH]c2c(Cl)ccnc12. The molecule has 2 aromatic rings. The van der Waals surface area contributed by atoms with Crippen molar-refractivity contribution in [1.82, 2.24) is 9.97 Å². The number of halogens is 2. The number of aromatic nitrogens is 2. The molecule has 0 amide bonds. The van der Waals surface area contributed by atoms with Crippen LogP contribution in [-0.4, -0.2) is 22.6 Å². The van der Waals surface area contributed by atoms with E-state index in [2.05, 4.69) is 9.97 Å². The molecule has 0 bridgehead atoms. The predicted molar refractivity (Wildman–Crippen MR) is 52.7 cm³/mol. The van der Waals surface area contributed by atoms with Crippen LogP contribution >= 0.6 is 11.6 Å². The van der Waals surface area contributed by atoms with Gasteiger partial charge < -0.3 is 9.72 Å². The Balaban J connectivity index is 2.45. The highest BCUT2D eigenvalue weighted by atomic mass is 35.5. The van der Waals surface area contributed by atoms with Crippen LogP contribution in [0.5, 0.6) is 5.75 Å². The van der Waals surface area contributed by atoms with E-state index in [1.807, 2.05) is 0 Å². The first-order chi connectivity index (χ1) is 7.22. The molecular weight excluding hydrogens is 223 g/mol. The summed E-state index contributed by atoms with van der Waals surface area (Å²) in [6, 6.07) is 1.60. The summed E-state index contributed by atoms with van der Waals surface area (Å²) in [7, 11) is 0. The standard InChI is InChI=1S/C9H6ClFN2O2/c10-5-1-2-12-9-6(4-13-8(5)9)15-7(14)3-11/h1-2,4,13H,3H2. The lowest BCUT2D eigenvalue weighted by Crippen LogP contribution is -2.09. The van der Waals surface area contributed by atoms with Gasteiger partial charge in [-0.3, -0.25) is 4.98 Å². The number of carbonyl (C=O) groups excluding carboxylic acids is 1. The first-order valence-electron chi connectivity index (χ1n) is 4.10. The second-order valence-corrected chi connectivity index (χ2v) is 3.18. The highest BCUT2D eigenvalue weighted by Crippen LogP contribution is 2.27. The summed E-state index contributed by atoms with van der Waals surface area (Å²) >= 11 is 5.85. The molecule has 15 heavy (non-hydrogen) atoms. The van der Waals surface area contributed by atoms with E-state index in [0.717, 1.165) is 0 Å². The number of aromatic amines is 1. The third-order valence-electron chi connectivity index (χ3n) is 1.81. The molecule has 2 rings (SSSR count). The van der Waals surface area contributed by atoms with E-state index in [9.17, 15) is 9.18 Å². The summed E-state index contributed by atoms with van der Waals surface area (Å²) in [5.74, 6) is -0.784. The number of ether oxygens (including phenoxy) is 1. The zero-order chi connectivity index (χ0) is 10.8. The second kappa shape index (κ2) is 3.86. The first-order valence-corrected chi connectivity index (χ1v) is 4.48. The number of hydrogen-bond donors (Lipinski definition) is 1. The maximum absolute atomic E-state index is 11.9. The fourth-order valence-electron chi connectivity index (χ4n) is 1.20. The van der Waals surface area contributed by atoms with Crippen LogP contribution in [0.1, 0.15) is 0 Å². The number of esters is 1. The van der Waals surface area contributed by atoms with Crippen LogP contribution in [-0.2, 0) is 4.79 Å². The smallest absolute Gasteiger partial charge is 0.343 e. The quantitative estimate of drug-likeness (QED) is 0.801. The van der Waals surface area contributed by atoms with Crippen LogP contribution in [0.3, 0.4) is 0 Å². The van der Waals surface area contributed by atoms with Gasteiger partial charge in [-0.1, -0.05) is 11.6 Å². The molecule has 0 saturated heterocycles.